The lowest BCUT2D eigenvalue weighted by Crippen LogP contribution is -1.91. The van der Waals surface area contributed by atoms with Crippen LogP contribution in [0.2, 0.25) is 5.02 Å². The number of anilines is 1. The van der Waals surface area contributed by atoms with E-state index in [0.717, 1.165) is 0 Å². The van der Waals surface area contributed by atoms with E-state index in [9.17, 15) is 0 Å². The van der Waals surface area contributed by atoms with E-state index in [1.165, 1.54) is 12.4 Å². The molecule has 0 fully saturated rings. The molecule has 1 aromatic carbocycles. The summed E-state index contributed by atoms with van der Waals surface area (Å²) in [5.41, 5.74) is 6.40. The minimum absolute atomic E-state index is 0.373. The topological polar surface area (TPSA) is 71.9 Å². The van der Waals surface area contributed by atoms with Gasteiger partial charge in [0.25, 0.3) is 0 Å². The van der Waals surface area contributed by atoms with E-state index >= 15 is 0 Å². The average Bonchev–Trinajstić information content (AvgIpc) is 2.32. The molecule has 0 aliphatic carbocycles. The zero-order valence-corrected chi connectivity index (χ0v) is 9.48. The van der Waals surface area contributed by atoms with E-state index in [4.69, 9.17) is 27.3 Å². The van der Waals surface area contributed by atoms with E-state index in [-0.39, 0.29) is 0 Å². The number of nitrogen functional groups attached to an aromatic ring is 1. The zero-order chi connectivity index (χ0) is 12.3. The summed E-state index contributed by atoms with van der Waals surface area (Å²) in [4.78, 5) is 3.89. The number of nitrogens with zero attached hydrogens (tertiary/aromatic N) is 2. The standard InChI is InChI=1S/C12H8ClN3O/c13-9-4-11(7-16-6-9)17-10-1-2-12(15)8(3-10)5-14/h1-4,6-7H,15H2. The van der Waals surface area contributed by atoms with Crippen LogP contribution in [0, 0.1) is 11.3 Å². The van der Waals surface area contributed by atoms with Crippen molar-refractivity contribution in [2.24, 2.45) is 0 Å². The van der Waals surface area contributed by atoms with Crippen LogP contribution in [-0.4, -0.2) is 4.98 Å². The van der Waals surface area contributed by atoms with Crippen LogP contribution in [0.4, 0.5) is 5.69 Å². The lowest BCUT2D eigenvalue weighted by Gasteiger charge is -2.06. The summed E-state index contributed by atoms with van der Waals surface area (Å²) in [5, 5.41) is 9.32. The van der Waals surface area contributed by atoms with Gasteiger partial charge >= 0.3 is 0 Å². The second-order valence-corrected chi connectivity index (χ2v) is 3.74. The number of nitriles is 1. The summed E-state index contributed by atoms with van der Waals surface area (Å²) in [6, 6.07) is 8.48. The molecule has 2 N–H and O–H groups in total. The Morgan fingerprint density at radius 3 is 2.76 bits per heavy atom. The van der Waals surface area contributed by atoms with Crippen LogP contribution in [-0.2, 0) is 0 Å². The van der Waals surface area contributed by atoms with Gasteiger partial charge in [0, 0.05) is 24.0 Å². The highest BCUT2D eigenvalue weighted by Crippen LogP contribution is 2.25. The van der Waals surface area contributed by atoms with Crippen molar-refractivity contribution in [3.05, 3.63) is 47.2 Å². The second-order valence-electron chi connectivity index (χ2n) is 3.30. The minimum atomic E-state index is 0.373. The van der Waals surface area contributed by atoms with Crippen molar-refractivity contribution in [1.29, 1.82) is 5.26 Å². The Hall–Kier alpha value is -2.25. The molecule has 0 atom stereocenters. The molecule has 1 heterocycles. The fraction of sp³-hybridized carbons (Fsp3) is 0. The van der Waals surface area contributed by atoms with E-state index in [2.05, 4.69) is 4.98 Å². The number of pyridine rings is 1. The SMILES string of the molecule is N#Cc1cc(Oc2cncc(Cl)c2)ccc1N. The van der Waals surface area contributed by atoms with Gasteiger partial charge in [-0.05, 0) is 12.1 Å². The van der Waals surface area contributed by atoms with Gasteiger partial charge in [-0.25, -0.2) is 0 Å². The van der Waals surface area contributed by atoms with Gasteiger partial charge in [-0.2, -0.15) is 5.26 Å². The molecule has 2 aromatic rings. The maximum Gasteiger partial charge on any atom is 0.147 e. The number of hydrogen-bond acceptors (Lipinski definition) is 4. The van der Waals surface area contributed by atoms with Gasteiger partial charge in [-0.15, -0.1) is 0 Å². The third-order valence-electron chi connectivity index (χ3n) is 2.06. The first kappa shape index (κ1) is 11.2. The number of rotatable bonds is 2. The van der Waals surface area contributed by atoms with Gasteiger partial charge in [-0.1, -0.05) is 11.6 Å². The molecule has 0 amide bonds. The highest BCUT2D eigenvalue weighted by molar-refractivity contribution is 6.30. The molecule has 0 saturated heterocycles. The monoisotopic (exact) mass is 245 g/mol. The number of ether oxygens (including phenoxy) is 1. The van der Waals surface area contributed by atoms with E-state index in [0.29, 0.717) is 27.8 Å². The first-order chi connectivity index (χ1) is 8.19. The first-order valence-electron chi connectivity index (χ1n) is 4.77. The van der Waals surface area contributed by atoms with Gasteiger partial charge < -0.3 is 10.5 Å². The predicted molar refractivity (Wildman–Crippen MR) is 64.9 cm³/mol. The summed E-state index contributed by atoms with van der Waals surface area (Å²) in [6.07, 6.45) is 3.05. The molecule has 2 rings (SSSR count). The van der Waals surface area contributed by atoms with Crippen molar-refractivity contribution in [2.45, 2.75) is 0 Å². The fourth-order valence-corrected chi connectivity index (χ4v) is 1.44. The van der Waals surface area contributed by atoms with Crippen LogP contribution in [0.25, 0.3) is 0 Å². The molecule has 0 aliphatic rings. The van der Waals surface area contributed by atoms with Gasteiger partial charge in [0.15, 0.2) is 0 Å². The molecule has 0 aliphatic heterocycles. The quantitative estimate of drug-likeness (QED) is 0.826. The Bertz CT molecular complexity index is 593. The second kappa shape index (κ2) is 4.73. The van der Waals surface area contributed by atoms with E-state index in [1.807, 2.05) is 6.07 Å². The molecule has 0 bridgehead atoms. The summed E-state index contributed by atoms with van der Waals surface area (Å²) in [7, 11) is 0. The Morgan fingerprint density at radius 1 is 1.24 bits per heavy atom. The van der Waals surface area contributed by atoms with Crippen LogP contribution in [0.3, 0.4) is 0 Å². The van der Waals surface area contributed by atoms with Crippen LogP contribution in [0.1, 0.15) is 5.56 Å². The van der Waals surface area contributed by atoms with Crippen molar-refractivity contribution >= 4 is 17.3 Å². The van der Waals surface area contributed by atoms with Crippen LogP contribution in [0.15, 0.2) is 36.7 Å². The molecule has 5 heteroatoms. The number of hydrogen-bond donors (Lipinski definition) is 1. The molecule has 1 aromatic heterocycles. The third kappa shape index (κ3) is 2.65. The van der Waals surface area contributed by atoms with Crippen LogP contribution >= 0.6 is 11.6 Å². The molecular formula is C12H8ClN3O. The number of nitrogens with two attached hydrogens (primary N) is 1. The highest BCUT2D eigenvalue weighted by atomic mass is 35.5. The molecule has 4 nitrogen and oxygen atoms in total. The maximum atomic E-state index is 8.83. The Morgan fingerprint density at radius 2 is 2.06 bits per heavy atom. The summed E-state index contributed by atoms with van der Waals surface area (Å²) in [6.45, 7) is 0. The van der Waals surface area contributed by atoms with Crippen molar-refractivity contribution in [1.82, 2.24) is 4.98 Å². The Balaban J connectivity index is 2.28. The smallest absolute Gasteiger partial charge is 0.147 e. The predicted octanol–water partition coefficient (Wildman–Crippen LogP) is 2.98. The summed E-state index contributed by atoms with van der Waals surface area (Å²) >= 11 is 5.78. The lowest BCUT2D eigenvalue weighted by molar-refractivity contribution is 0.480. The van der Waals surface area contributed by atoms with Gasteiger partial charge in [0.2, 0.25) is 0 Å². The Kier molecular flexibility index (Phi) is 3.12. The third-order valence-corrected chi connectivity index (χ3v) is 2.27. The van der Waals surface area contributed by atoms with Gasteiger partial charge in [0.05, 0.1) is 16.8 Å². The molecule has 0 spiro atoms. The largest absolute Gasteiger partial charge is 0.456 e. The molecule has 0 saturated carbocycles. The van der Waals surface area contributed by atoms with E-state index < -0.39 is 0 Å². The van der Waals surface area contributed by atoms with Gasteiger partial charge in [-0.3, -0.25) is 4.98 Å². The summed E-state index contributed by atoms with van der Waals surface area (Å²) < 4.78 is 5.50. The van der Waals surface area contributed by atoms with Crippen LogP contribution < -0.4 is 10.5 Å². The van der Waals surface area contributed by atoms with Crippen molar-refractivity contribution in [3.8, 4) is 17.6 Å². The zero-order valence-electron chi connectivity index (χ0n) is 8.72. The summed E-state index contributed by atoms with van der Waals surface area (Å²) in [5.74, 6) is 1.02. The lowest BCUT2D eigenvalue weighted by atomic mass is 10.2. The molecule has 17 heavy (non-hydrogen) atoms. The van der Waals surface area contributed by atoms with Crippen molar-refractivity contribution < 1.29 is 4.74 Å². The average molecular weight is 246 g/mol. The Labute approximate surface area is 103 Å². The number of benzene rings is 1. The first-order valence-corrected chi connectivity index (χ1v) is 5.15. The molecule has 84 valence electrons. The highest BCUT2D eigenvalue weighted by Gasteiger charge is 2.03. The fourth-order valence-electron chi connectivity index (χ4n) is 1.28. The van der Waals surface area contributed by atoms with Crippen LogP contribution in [0.5, 0.6) is 11.5 Å². The van der Waals surface area contributed by atoms with Crippen molar-refractivity contribution in [3.63, 3.8) is 0 Å². The molecular weight excluding hydrogens is 238 g/mol. The number of aromatic nitrogens is 1. The van der Waals surface area contributed by atoms with Gasteiger partial charge in [0.1, 0.15) is 17.6 Å². The minimum Gasteiger partial charge on any atom is -0.456 e. The normalized spacial score (nSPS) is 9.65. The van der Waals surface area contributed by atoms with Crippen molar-refractivity contribution in [2.75, 3.05) is 5.73 Å². The maximum absolute atomic E-state index is 8.83. The molecule has 0 unspecified atom stereocenters. The number of halogens is 1. The van der Waals surface area contributed by atoms with E-state index in [1.54, 1.807) is 24.3 Å². The molecule has 0 radical (unpaired) electrons.